The van der Waals surface area contributed by atoms with Crippen molar-refractivity contribution >= 4 is 35.0 Å². The summed E-state index contributed by atoms with van der Waals surface area (Å²) in [6.45, 7) is 1.44. The van der Waals surface area contributed by atoms with Gasteiger partial charge in [0, 0.05) is 41.6 Å². The van der Waals surface area contributed by atoms with E-state index in [4.69, 9.17) is 9.72 Å². The molecule has 1 aromatic heterocycles. The number of nitrogens with one attached hydrogen (secondary N) is 2. The van der Waals surface area contributed by atoms with Gasteiger partial charge in [0.2, 0.25) is 11.8 Å². The number of thioether (sulfide) groups is 1. The summed E-state index contributed by atoms with van der Waals surface area (Å²) in [6, 6.07) is 28.5. The zero-order valence-corrected chi connectivity index (χ0v) is 21.8. The molecule has 0 radical (unpaired) electrons. The topological polar surface area (TPSA) is 104 Å². The zero-order valence-electron chi connectivity index (χ0n) is 21.0. The van der Waals surface area contributed by atoms with Gasteiger partial charge in [0.25, 0.3) is 0 Å². The Morgan fingerprint density at radius 3 is 2.18 bits per heavy atom. The van der Waals surface area contributed by atoms with Crippen LogP contribution in [0.3, 0.4) is 0 Å². The molecular formula is C30H26N4O3S. The maximum atomic E-state index is 12.6. The van der Waals surface area contributed by atoms with Crippen LogP contribution in [0.2, 0.25) is 0 Å². The summed E-state index contributed by atoms with van der Waals surface area (Å²) in [5.74, 6) is 0.862. The Hall–Kier alpha value is -4.61. The predicted octanol–water partition coefficient (Wildman–Crippen LogP) is 6.38. The third kappa shape index (κ3) is 6.78. The zero-order chi connectivity index (χ0) is 26.9. The van der Waals surface area contributed by atoms with Gasteiger partial charge in [0.05, 0.1) is 18.4 Å². The van der Waals surface area contributed by atoms with E-state index in [1.54, 1.807) is 31.4 Å². The molecule has 8 heteroatoms. The van der Waals surface area contributed by atoms with Gasteiger partial charge < -0.3 is 15.4 Å². The van der Waals surface area contributed by atoms with Crippen LogP contribution in [0.25, 0.3) is 22.4 Å². The first kappa shape index (κ1) is 26.5. The number of hydrogen-bond acceptors (Lipinski definition) is 6. The van der Waals surface area contributed by atoms with E-state index in [1.807, 2.05) is 60.7 Å². The Labute approximate surface area is 225 Å². The Bertz CT molecular complexity index is 1460. The van der Waals surface area contributed by atoms with Crippen molar-refractivity contribution in [2.45, 2.75) is 18.4 Å². The van der Waals surface area contributed by atoms with Crippen molar-refractivity contribution in [3.63, 3.8) is 0 Å². The van der Waals surface area contributed by atoms with Gasteiger partial charge in [0.1, 0.15) is 16.8 Å². The summed E-state index contributed by atoms with van der Waals surface area (Å²) in [4.78, 5) is 28.5. The van der Waals surface area contributed by atoms with Crippen molar-refractivity contribution in [3.8, 4) is 34.2 Å². The quantitative estimate of drug-likeness (QED) is 0.247. The van der Waals surface area contributed by atoms with E-state index in [1.165, 1.54) is 18.7 Å². The van der Waals surface area contributed by atoms with Crippen molar-refractivity contribution < 1.29 is 14.3 Å². The molecule has 0 spiro atoms. The lowest BCUT2D eigenvalue weighted by atomic mass is 9.99. The Morgan fingerprint density at radius 2 is 1.58 bits per heavy atom. The number of pyridine rings is 1. The van der Waals surface area contributed by atoms with Crippen LogP contribution in [-0.2, 0) is 9.59 Å². The highest BCUT2D eigenvalue weighted by molar-refractivity contribution is 7.99. The van der Waals surface area contributed by atoms with Crippen LogP contribution in [-0.4, -0.2) is 29.7 Å². The molecule has 1 heterocycles. The number of aromatic nitrogens is 1. The van der Waals surface area contributed by atoms with E-state index in [0.717, 1.165) is 28.1 Å². The normalized spacial score (nSPS) is 10.3. The van der Waals surface area contributed by atoms with E-state index in [2.05, 4.69) is 16.7 Å². The van der Waals surface area contributed by atoms with E-state index in [-0.39, 0.29) is 18.2 Å². The average Bonchev–Trinajstić information content (AvgIpc) is 2.94. The van der Waals surface area contributed by atoms with Crippen molar-refractivity contribution in [3.05, 3.63) is 90.5 Å². The van der Waals surface area contributed by atoms with Gasteiger partial charge in [-0.25, -0.2) is 4.98 Å². The molecule has 4 aromatic rings. The first-order valence-electron chi connectivity index (χ1n) is 11.9. The Morgan fingerprint density at radius 1 is 0.921 bits per heavy atom. The standard InChI is InChI=1S/C30H26N4O3S/c1-20(35)32-23-10-12-24(13-11-23)33-29(36)16-17-38-30-27(19-31)26(21-8-14-25(37-2)15-9-21)18-28(34-30)22-6-4-3-5-7-22/h3-15,18H,16-17H2,1-2H3,(H,32,35)(H,33,36). The number of methoxy groups -OCH3 is 1. The largest absolute Gasteiger partial charge is 0.497 e. The van der Waals surface area contributed by atoms with E-state index >= 15 is 0 Å². The van der Waals surface area contributed by atoms with Gasteiger partial charge in [-0.1, -0.05) is 42.5 Å². The molecule has 0 unspecified atom stereocenters. The maximum absolute atomic E-state index is 12.6. The van der Waals surface area contributed by atoms with Gasteiger partial charge >= 0.3 is 0 Å². The number of benzene rings is 3. The lowest BCUT2D eigenvalue weighted by Gasteiger charge is -2.13. The maximum Gasteiger partial charge on any atom is 0.225 e. The minimum Gasteiger partial charge on any atom is -0.497 e. The number of nitriles is 1. The molecule has 2 amide bonds. The molecule has 7 nitrogen and oxygen atoms in total. The van der Waals surface area contributed by atoms with Crippen LogP contribution in [0.5, 0.6) is 5.75 Å². The van der Waals surface area contributed by atoms with Crippen LogP contribution >= 0.6 is 11.8 Å². The summed E-state index contributed by atoms with van der Waals surface area (Å²) in [6.07, 6.45) is 0.234. The molecule has 0 saturated carbocycles. The van der Waals surface area contributed by atoms with Gasteiger partial charge in [-0.3, -0.25) is 9.59 Å². The molecule has 0 bridgehead atoms. The lowest BCUT2D eigenvalue weighted by molar-refractivity contribution is -0.116. The van der Waals surface area contributed by atoms with Crippen LogP contribution in [0, 0.1) is 11.3 Å². The van der Waals surface area contributed by atoms with Crippen LogP contribution in [0.4, 0.5) is 11.4 Å². The summed E-state index contributed by atoms with van der Waals surface area (Å²) in [5, 5.41) is 16.2. The average molecular weight is 523 g/mol. The highest BCUT2D eigenvalue weighted by Gasteiger charge is 2.16. The van der Waals surface area contributed by atoms with Crippen molar-refractivity contribution in [1.82, 2.24) is 4.98 Å². The third-order valence-corrected chi connectivity index (χ3v) is 6.60. The SMILES string of the molecule is COc1ccc(-c2cc(-c3ccccc3)nc(SCCC(=O)Nc3ccc(NC(C)=O)cc3)c2C#N)cc1. The van der Waals surface area contributed by atoms with E-state index in [9.17, 15) is 14.9 Å². The minimum atomic E-state index is -0.157. The number of carbonyl (C=O) groups is 2. The summed E-state index contributed by atoms with van der Waals surface area (Å²) in [5.41, 5.74) is 5.11. The van der Waals surface area contributed by atoms with Crippen molar-refractivity contribution in [1.29, 1.82) is 5.26 Å². The first-order valence-corrected chi connectivity index (χ1v) is 12.9. The molecule has 190 valence electrons. The second-order valence-electron chi connectivity index (χ2n) is 8.35. The molecule has 2 N–H and O–H groups in total. The number of nitrogens with zero attached hydrogens (tertiary/aromatic N) is 2. The summed E-state index contributed by atoms with van der Waals surface area (Å²) in [7, 11) is 1.61. The fourth-order valence-corrected chi connectivity index (χ4v) is 4.74. The second-order valence-corrected chi connectivity index (χ2v) is 9.43. The number of carbonyl (C=O) groups excluding carboxylic acids is 2. The summed E-state index contributed by atoms with van der Waals surface area (Å²) >= 11 is 1.38. The van der Waals surface area contributed by atoms with Gasteiger partial charge in [-0.15, -0.1) is 11.8 Å². The molecule has 4 rings (SSSR count). The molecule has 0 aliphatic heterocycles. The monoisotopic (exact) mass is 522 g/mol. The molecule has 38 heavy (non-hydrogen) atoms. The fourth-order valence-electron chi connectivity index (χ4n) is 3.79. The highest BCUT2D eigenvalue weighted by Crippen LogP contribution is 2.35. The second kappa shape index (κ2) is 12.6. The predicted molar refractivity (Wildman–Crippen MR) is 151 cm³/mol. The fraction of sp³-hybridized carbons (Fsp3) is 0.133. The number of amides is 2. The Kier molecular flexibility index (Phi) is 8.75. The summed E-state index contributed by atoms with van der Waals surface area (Å²) < 4.78 is 5.28. The molecule has 0 aliphatic carbocycles. The van der Waals surface area contributed by atoms with Crippen LogP contribution in [0.1, 0.15) is 18.9 Å². The molecule has 0 atom stereocenters. The molecule has 0 saturated heterocycles. The number of hydrogen-bond donors (Lipinski definition) is 2. The molecule has 3 aromatic carbocycles. The van der Waals surface area contributed by atoms with Crippen molar-refractivity contribution in [2.24, 2.45) is 0 Å². The lowest BCUT2D eigenvalue weighted by Crippen LogP contribution is -2.12. The Balaban J connectivity index is 1.53. The smallest absolute Gasteiger partial charge is 0.225 e. The van der Waals surface area contributed by atoms with Crippen molar-refractivity contribution in [2.75, 3.05) is 23.5 Å². The first-order chi connectivity index (χ1) is 18.5. The highest BCUT2D eigenvalue weighted by atomic mass is 32.2. The van der Waals surface area contributed by atoms with Gasteiger partial charge in [-0.05, 0) is 48.0 Å². The van der Waals surface area contributed by atoms with E-state index in [0.29, 0.717) is 27.7 Å². The van der Waals surface area contributed by atoms with Crippen LogP contribution in [0.15, 0.2) is 90.0 Å². The minimum absolute atomic E-state index is 0.155. The van der Waals surface area contributed by atoms with Gasteiger partial charge in [0.15, 0.2) is 0 Å². The van der Waals surface area contributed by atoms with E-state index < -0.39 is 0 Å². The third-order valence-electron chi connectivity index (χ3n) is 5.63. The number of anilines is 2. The molecule has 0 aliphatic rings. The number of rotatable bonds is 9. The van der Waals surface area contributed by atoms with Gasteiger partial charge in [-0.2, -0.15) is 5.26 Å². The number of ether oxygens (including phenoxy) is 1. The molecule has 0 fully saturated rings. The van der Waals surface area contributed by atoms with Crippen LogP contribution < -0.4 is 15.4 Å². The molecular weight excluding hydrogens is 496 g/mol.